The highest BCUT2D eigenvalue weighted by Gasteiger charge is 2.23. The lowest BCUT2D eigenvalue weighted by atomic mass is 9.95. The molecule has 4 N–H and O–H groups in total. The number of rotatable bonds is 9. The van der Waals surface area contributed by atoms with Gasteiger partial charge in [-0.2, -0.15) is 4.98 Å². The Kier molecular flexibility index (Phi) is 6.64. The first-order valence-electron chi connectivity index (χ1n) is 8.40. The van der Waals surface area contributed by atoms with Gasteiger partial charge in [0, 0.05) is 12.5 Å². The zero-order chi connectivity index (χ0) is 15.8. The van der Waals surface area contributed by atoms with E-state index >= 15 is 0 Å². The molecule has 7 nitrogen and oxygen atoms in total. The van der Waals surface area contributed by atoms with Gasteiger partial charge in [0.1, 0.15) is 0 Å². The van der Waals surface area contributed by atoms with Crippen molar-refractivity contribution in [1.82, 2.24) is 9.97 Å². The molecule has 22 heavy (non-hydrogen) atoms. The Labute approximate surface area is 131 Å². The fraction of sp³-hybridized carbons (Fsp3) is 0.800. The van der Waals surface area contributed by atoms with Crippen LogP contribution < -0.4 is 11.1 Å². The van der Waals surface area contributed by atoms with Crippen LogP contribution in [0.3, 0.4) is 0 Å². The van der Waals surface area contributed by atoms with Crippen molar-refractivity contribution in [3.63, 3.8) is 0 Å². The van der Waals surface area contributed by atoms with Gasteiger partial charge < -0.3 is 21.2 Å². The number of imidazole rings is 1. The number of aromatic nitrogens is 2. The van der Waals surface area contributed by atoms with E-state index < -0.39 is 0 Å². The normalized spacial score (nSPS) is 15.9. The van der Waals surface area contributed by atoms with E-state index in [2.05, 4.69) is 15.3 Å². The average molecular weight is 309 g/mol. The molecule has 0 atom stereocenters. The largest absolute Gasteiger partial charge is 0.365 e. The van der Waals surface area contributed by atoms with Gasteiger partial charge in [-0.15, -0.1) is 0 Å². The monoisotopic (exact) mass is 309 g/mol. The quantitative estimate of drug-likeness (QED) is 0.369. The van der Waals surface area contributed by atoms with Crippen molar-refractivity contribution < 1.29 is 4.92 Å². The third-order valence-corrected chi connectivity index (χ3v) is 4.23. The smallest absolute Gasteiger partial charge is 0.360 e. The molecule has 0 unspecified atom stereocenters. The Morgan fingerprint density at radius 1 is 1.23 bits per heavy atom. The second-order valence-corrected chi connectivity index (χ2v) is 6.07. The van der Waals surface area contributed by atoms with Crippen LogP contribution in [-0.4, -0.2) is 27.5 Å². The molecule has 7 heteroatoms. The van der Waals surface area contributed by atoms with Crippen LogP contribution in [0.4, 0.5) is 11.6 Å². The Morgan fingerprint density at radius 3 is 2.64 bits per heavy atom. The van der Waals surface area contributed by atoms with E-state index in [9.17, 15) is 10.1 Å². The molecule has 0 spiro atoms. The average Bonchev–Trinajstić information content (AvgIpc) is 2.91. The predicted molar refractivity (Wildman–Crippen MR) is 87.0 cm³/mol. The van der Waals surface area contributed by atoms with E-state index in [1.54, 1.807) is 0 Å². The predicted octanol–water partition coefficient (Wildman–Crippen LogP) is 3.12. The Balaban J connectivity index is 1.91. The van der Waals surface area contributed by atoms with E-state index in [-0.39, 0.29) is 10.7 Å². The van der Waals surface area contributed by atoms with Gasteiger partial charge >= 0.3 is 5.82 Å². The van der Waals surface area contributed by atoms with Crippen LogP contribution >= 0.6 is 0 Å². The van der Waals surface area contributed by atoms with Crippen LogP contribution in [-0.2, 0) is 6.42 Å². The molecule has 0 aliphatic heterocycles. The molecule has 0 amide bonds. The molecule has 1 fully saturated rings. The number of nitro groups is 1. The van der Waals surface area contributed by atoms with Gasteiger partial charge in [-0.1, -0.05) is 32.1 Å². The Bertz CT molecular complexity index is 468. The van der Waals surface area contributed by atoms with Gasteiger partial charge in [-0.3, -0.25) is 0 Å². The van der Waals surface area contributed by atoms with Crippen molar-refractivity contribution in [1.29, 1.82) is 0 Å². The summed E-state index contributed by atoms with van der Waals surface area (Å²) in [6.45, 7) is 0.724. The Morgan fingerprint density at radius 2 is 1.95 bits per heavy atom. The van der Waals surface area contributed by atoms with Crippen LogP contribution in [0.15, 0.2) is 0 Å². The van der Waals surface area contributed by atoms with Gasteiger partial charge in [0.15, 0.2) is 5.82 Å². The minimum absolute atomic E-state index is 0.00234. The van der Waals surface area contributed by atoms with Crippen molar-refractivity contribution >= 4 is 11.6 Å². The number of aromatic amines is 1. The van der Waals surface area contributed by atoms with Gasteiger partial charge in [0.05, 0.1) is 0 Å². The lowest BCUT2D eigenvalue weighted by Crippen LogP contribution is -2.22. The first kappa shape index (κ1) is 16.7. The number of nitrogens with one attached hydrogen (secondary N) is 2. The van der Waals surface area contributed by atoms with Crippen molar-refractivity contribution in [2.75, 3.05) is 11.9 Å². The van der Waals surface area contributed by atoms with Crippen molar-refractivity contribution in [2.24, 2.45) is 5.73 Å². The molecule has 0 saturated heterocycles. The van der Waals surface area contributed by atoms with Crippen LogP contribution in [0.25, 0.3) is 0 Å². The maximum absolute atomic E-state index is 11.2. The molecule has 1 aliphatic carbocycles. The fourth-order valence-electron chi connectivity index (χ4n) is 2.99. The zero-order valence-corrected chi connectivity index (χ0v) is 13.1. The van der Waals surface area contributed by atoms with E-state index in [1.807, 2.05) is 0 Å². The second-order valence-electron chi connectivity index (χ2n) is 6.07. The zero-order valence-electron chi connectivity index (χ0n) is 13.1. The number of nitrogens with two attached hydrogens (primary N) is 1. The minimum Gasteiger partial charge on any atom is -0.360 e. The van der Waals surface area contributed by atoms with E-state index in [0.29, 0.717) is 17.7 Å². The highest BCUT2D eigenvalue weighted by Crippen LogP contribution is 2.26. The topological polar surface area (TPSA) is 110 Å². The lowest BCUT2D eigenvalue weighted by Gasteiger charge is -2.22. The molecule has 1 aromatic heterocycles. The SMILES string of the molecule is NCCCCCCc1nc(NC2CCCCC2)c([N+](=O)[O-])[nH]1. The van der Waals surface area contributed by atoms with E-state index in [4.69, 9.17) is 5.73 Å². The summed E-state index contributed by atoms with van der Waals surface area (Å²) in [5, 5.41) is 14.4. The summed E-state index contributed by atoms with van der Waals surface area (Å²) in [5.74, 6) is 1.12. The lowest BCUT2D eigenvalue weighted by molar-refractivity contribution is -0.388. The summed E-state index contributed by atoms with van der Waals surface area (Å²) in [6.07, 6.45) is 10.7. The molecule has 2 rings (SSSR count). The molecule has 1 saturated carbocycles. The molecule has 0 aromatic carbocycles. The second kappa shape index (κ2) is 8.73. The molecule has 0 radical (unpaired) electrons. The number of aryl methyl sites for hydroxylation is 1. The number of anilines is 1. The summed E-state index contributed by atoms with van der Waals surface area (Å²) in [4.78, 5) is 18.1. The van der Waals surface area contributed by atoms with Gasteiger partial charge in [-0.05, 0) is 37.2 Å². The summed E-state index contributed by atoms with van der Waals surface area (Å²) in [5.41, 5.74) is 5.47. The molecule has 0 bridgehead atoms. The molecule has 1 heterocycles. The van der Waals surface area contributed by atoms with Crippen molar-refractivity contribution in [3.8, 4) is 0 Å². The first-order chi connectivity index (χ1) is 10.7. The molecular formula is C15H27N5O2. The van der Waals surface area contributed by atoms with Crippen molar-refractivity contribution in [3.05, 3.63) is 15.9 Å². The highest BCUT2D eigenvalue weighted by atomic mass is 16.6. The van der Waals surface area contributed by atoms with Crippen molar-refractivity contribution in [2.45, 2.75) is 70.3 Å². The number of hydrogen-bond donors (Lipinski definition) is 3. The maximum Gasteiger partial charge on any atom is 0.365 e. The standard InChI is InChI=1S/C15H27N5O2/c16-11-7-2-1-6-10-13-18-14(15(19-13)20(21)22)17-12-8-4-3-5-9-12/h12,17H,1-11,16H2,(H,18,19). The highest BCUT2D eigenvalue weighted by molar-refractivity contribution is 5.52. The third kappa shape index (κ3) is 4.98. The summed E-state index contributed by atoms with van der Waals surface area (Å²) >= 11 is 0. The van der Waals surface area contributed by atoms with Crippen LogP contribution in [0, 0.1) is 10.1 Å². The minimum atomic E-state index is -0.379. The summed E-state index contributed by atoms with van der Waals surface area (Å²) in [7, 11) is 0. The van der Waals surface area contributed by atoms with Crippen LogP contribution in [0.5, 0.6) is 0 Å². The number of H-pyrrole nitrogens is 1. The van der Waals surface area contributed by atoms with E-state index in [1.165, 1.54) is 19.3 Å². The maximum atomic E-state index is 11.2. The number of nitrogens with zero attached hydrogens (tertiary/aromatic N) is 2. The number of unbranched alkanes of at least 4 members (excludes halogenated alkanes) is 3. The molecular weight excluding hydrogens is 282 g/mol. The summed E-state index contributed by atoms with van der Waals surface area (Å²) < 4.78 is 0. The third-order valence-electron chi connectivity index (χ3n) is 4.23. The van der Waals surface area contributed by atoms with Gasteiger partial charge in [-0.25, -0.2) is 4.98 Å². The first-order valence-corrected chi connectivity index (χ1v) is 8.40. The Hall–Kier alpha value is -1.63. The van der Waals surface area contributed by atoms with Crippen LogP contribution in [0.1, 0.15) is 63.6 Å². The van der Waals surface area contributed by atoms with Gasteiger partial charge in [0.2, 0.25) is 5.82 Å². The molecule has 1 aromatic rings. The molecule has 124 valence electrons. The number of hydrogen-bond acceptors (Lipinski definition) is 5. The fourth-order valence-corrected chi connectivity index (χ4v) is 2.99. The van der Waals surface area contributed by atoms with Gasteiger partial charge in [0.25, 0.3) is 0 Å². The van der Waals surface area contributed by atoms with E-state index in [0.717, 1.165) is 51.5 Å². The summed E-state index contributed by atoms with van der Waals surface area (Å²) in [6, 6.07) is 0.313. The van der Waals surface area contributed by atoms with Crippen LogP contribution in [0.2, 0.25) is 0 Å². The molecule has 1 aliphatic rings.